The number of carbonyl (C=O) groups is 2. The van der Waals surface area contributed by atoms with Crippen LogP contribution in [-0.2, 0) is 28.5 Å². The minimum atomic E-state index is -1.26. The topological polar surface area (TPSA) is 136 Å². The standard InChI is InChI=1S/2C6H15NO2.C4H4O4/c2*1-8-5-3-7-4-6-9-2;5-3(6)1-2-4(7)8/h2*7H,3-6H2,1-2H3;1-2H,(H,5,6)(H,7,8)/b;;2-1+. The fraction of sp³-hybridized carbons (Fsp3) is 0.750. The molecule has 0 aliphatic carbocycles. The van der Waals surface area contributed by atoms with Gasteiger partial charge in [-0.3, -0.25) is 0 Å². The molecule has 0 aromatic heterocycles. The van der Waals surface area contributed by atoms with Crippen LogP contribution < -0.4 is 10.6 Å². The molecule has 0 atom stereocenters. The second-order valence-corrected chi connectivity index (χ2v) is 4.48. The quantitative estimate of drug-likeness (QED) is 0.229. The van der Waals surface area contributed by atoms with Crippen LogP contribution in [0.1, 0.15) is 0 Å². The molecule has 0 heterocycles. The molecule has 0 bridgehead atoms. The van der Waals surface area contributed by atoms with Crippen molar-refractivity contribution in [1.82, 2.24) is 10.6 Å². The Morgan fingerprint density at radius 3 is 1.04 bits per heavy atom. The Balaban J connectivity index is -0.000000306. The number of nitrogens with one attached hydrogen (secondary N) is 2. The van der Waals surface area contributed by atoms with E-state index in [2.05, 4.69) is 10.6 Å². The van der Waals surface area contributed by atoms with Gasteiger partial charge in [0.15, 0.2) is 0 Å². The fourth-order valence-corrected chi connectivity index (χ4v) is 1.09. The van der Waals surface area contributed by atoms with Gasteiger partial charge in [0.05, 0.1) is 26.4 Å². The zero-order valence-corrected chi connectivity index (χ0v) is 16.2. The molecule has 10 heteroatoms. The first-order valence-corrected chi connectivity index (χ1v) is 7.97. The zero-order valence-electron chi connectivity index (χ0n) is 16.2. The SMILES string of the molecule is COCCNCCOC.COCCNCCOC.O=C(O)/C=C/C(=O)O. The third-order valence-corrected chi connectivity index (χ3v) is 2.30. The van der Waals surface area contributed by atoms with Gasteiger partial charge in [-0.25, -0.2) is 9.59 Å². The Morgan fingerprint density at radius 2 is 0.885 bits per heavy atom. The van der Waals surface area contributed by atoms with Crippen LogP contribution in [0.15, 0.2) is 12.2 Å². The highest BCUT2D eigenvalue weighted by atomic mass is 16.5. The lowest BCUT2D eigenvalue weighted by molar-refractivity contribution is -0.134. The van der Waals surface area contributed by atoms with Gasteiger partial charge in [0.1, 0.15) is 0 Å². The molecule has 0 aliphatic rings. The molecule has 0 aromatic carbocycles. The monoisotopic (exact) mass is 382 g/mol. The molecule has 0 saturated heterocycles. The zero-order chi connectivity index (χ0) is 20.5. The van der Waals surface area contributed by atoms with E-state index in [1.54, 1.807) is 28.4 Å². The van der Waals surface area contributed by atoms with Crippen molar-refractivity contribution in [3.63, 3.8) is 0 Å². The first-order chi connectivity index (χ1) is 12.5. The van der Waals surface area contributed by atoms with Gasteiger partial charge in [-0.15, -0.1) is 0 Å². The molecule has 0 spiro atoms. The van der Waals surface area contributed by atoms with E-state index in [1.165, 1.54) is 0 Å². The van der Waals surface area contributed by atoms with Crippen LogP contribution in [0.3, 0.4) is 0 Å². The van der Waals surface area contributed by atoms with Gasteiger partial charge >= 0.3 is 11.9 Å². The van der Waals surface area contributed by atoms with Crippen molar-refractivity contribution in [2.24, 2.45) is 0 Å². The average molecular weight is 382 g/mol. The minimum Gasteiger partial charge on any atom is -0.478 e. The summed E-state index contributed by atoms with van der Waals surface area (Å²) in [5.41, 5.74) is 0. The predicted octanol–water partition coefficient (Wildman–Crippen LogP) is -0.551. The van der Waals surface area contributed by atoms with Crippen molar-refractivity contribution in [1.29, 1.82) is 0 Å². The highest BCUT2D eigenvalue weighted by Gasteiger charge is 1.88. The van der Waals surface area contributed by atoms with Crippen LogP contribution in [-0.4, -0.2) is 103 Å². The lowest BCUT2D eigenvalue weighted by Crippen LogP contribution is -2.23. The number of rotatable bonds is 14. The second kappa shape index (κ2) is 28.3. The Bertz CT molecular complexity index is 285. The molecule has 10 nitrogen and oxygen atoms in total. The smallest absolute Gasteiger partial charge is 0.328 e. The highest BCUT2D eigenvalue weighted by molar-refractivity contribution is 5.89. The van der Waals surface area contributed by atoms with Gasteiger partial charge in [-0.05, 0) is 0 Å². The van der Waals surface area contributed by atoms with Gasteiger partial charge in [-0.2, -0.15) is 0 Å². The number of methoxy groups -OCH3 is 4. The third kappa shape index (κ3) is 43.3. The molecule has 0 unspecified atom stereocenters. The number of carboxylic acid groups (broad SMARTS) is 2. The van der Waals surface area contributed by atoms with E-state index in [0.717, 1.165) is 52.6 Å². The van der Waals surface area contributed by atoms with Gasteiger partial charge in [-0.1, -0.05) is 0 Å². The van der Waals surface area contributed by atoms with Crippen molar-refractivity contribution in [2.75, 3.05) is 81.0 Å². The number of hydrogen-bond acceptors (Lipinski definition) is 8. The normalized spacial score (nSPS) is 9.85. The summed E-state index contributed by atoms with van der Waals surface area (Å²) in [6.07, 6.45) is 1.12. The van der Waals surface area contributed by atoms with Crippen LogP contribution in [0, 0.1) is 0 Å². The molecular formula is C16H34N2O8. The van der Waals surface area contributed by atoms with Gasteiger partial charge in [0.25, 0.3) is 0 Å². The summed E-state index contributed by atoms with van der Waals surface area (Å²) in [6.45, 7) is 6.68. The molecular weight excluding hydrogens is 348 g/mol. The molecule has 0 amide bonds. The van der Waals surface area contributed by atoms with E-state index in [9.17, 15) is 9.59 Å². The number of aliphatic carboxylic acids is 2. The van der Waals surface area contributed by atoms with Crippen molar-refractivity contribution >= 4 is 11.9 Å². The van der Waals surface area contributed by atoms with E-state index in [1.807, 2.05) is 0 Å². The van der Waals surface area contributed by atoms with Crippen molar-refractivity contribution in [3.05, 3.63) is 12.2 Å². The van der Waals surface area contributed by atoms with Crippen molar-refractivity contribution < 1.29 is 38.7 Å². The predicted molar refractivity (Wildman–Crippen MR) is 97.7 cm³/mol. The Hall–Kier alpha value is -1.56. The Kier molecular flexibility index (Phi) is 31.7. The summed E-state index contributed by atoms with van der Waals surface area (Å²) in [6, 6.07) is 0. The minimum absolute atomic E-state index is 0.558. The summed E-state index contributed by atoms with van der Waals surface area (Å²) in [5.74, 6) is -2.51. The van der Waals surface area contributed by atoms with Crippen LogP contribution in [0.4, 0.5) is 0 Å². The first-order valence-electron chi connectivity index (χ1n) is 7.97. The number of carboxylic acids is 2. The molecule has 0 aliphatic heterocycles. The summed E-state index contributed by atoms with van der Waals surface area (Å²) in [5, 5.41) is 21.9. The lowest BCUT2D eigenvalue weighted by atomic mass is 10.5. The Morgan fingerprint density at radius 1 is 0.654 bits per heavy atom. The van der Waals surface area contributed by atoms with Gasteiger partial charge in [0.2, 0.25) is 0 Å². The van der Waals surface area contributed by atoms with E-state index < -0.39 is 11.9 Å². The van der Waals surface area contributed by atoms with Gasteiger partial charge < -0.3 is 39.8 Å². The average Bonchev–Trinajstić information content (AvgIpc) is 2.61. The number of hydrogen-bond donors (Lipinski definition) is 4. The van der Waals surface area contributed by atoms with Crippen molar-refractivity contribution in [3.8, 4) is 0 Å². The summed E-state index contributed by atoms with van der Waals surface area (Å²) < 4.78 is 19.3. The Labute approximate surface area is 155 Å². The summed E-state index contributed by atoms with van der Waals surface area (Å²) in [4.78, 5) is 19.1. The van der Waals surface area contributed by atoms with Crippen LogP contribution >= 0.6 is 0 Å². The summed E-state index contributed by atoms with van der Waals surface area (Å²) in [7, 11) is 6.77. The molecule has 0 rings (SSSR count). The molecule has 26 heavy (non-hydrogen) atoms. The van der Waals surface area contributed by atoms with Crippen LogP contribution in [0.5, 0.6) is 0 Å². The van der Waals surface area contributed by atoms with E-state index in [-0.39, 0.29) is 0 Å². The molecule has 0 radical (unpaired) electrons. The van der Waals surface area contributed by atoms with E-state index in [4.69, 9.17) is 29.2 Å². The maximum absolute atomic E-state index is 9.55. The first kappa shape index (κ1) is 29.2. The second-order valence-electron chi connectivity index (χ2n) is 4.48. The largest absolute Gasteiger partial charge is 0.478 e. The van der Waals surface area contributed by atoms with Gasteiger partial charge in [0, 0.05) is 66.8 Å². The molecule has 0 fully saturated rings. The van der Waals surface area contributed by atoms with Crippen LogP contribution in [0.2, 0.25) is 0 Å². The fourth-order valence-electron chi connectivity index (χ4n) is 1.09. The number of ether oxygens (including phenoxy) is 4. The van der Waals surface area contributed by atoms with E-state index in [0.29, 0.717) is 12.2 Å². The van der Waals surface area contributed by atoms with E-state index >= 15 is 0 Å². The third-order valence-electron chi connectivity index (χ3n) is 2.30. The maximum atomic E-state index is 9.55. The highest BCUT2D eigenvalue weighted by Crippen LogP contribution is 1.70. The lowest BCUT2D eigenvalue weighted by Gasteiger charge is -2.01. The van der Waals surface area contributed by atoms with Crippen molar-refractivity contribution in [2.45, 2.75) is 0 Å². The maximum Gasteiger partial charge on any atom is 0.328 e. The molecule has 156 valence electrons. The van der Waals surface area contributed by atoms with Crippen LogP contribution in [0.25, 0.3) is 0 Å². The molecule has 0 aromatic rings. The molecule has 4 N–H and O–H groups in total. The summed E-state index contributed by atoms with van der Waals surface area (Å²) >= 11 is 0. The molecule has 0 saturated carbocycles.